The number of aldehydes is 1. The summed E-state index contributed by atoms with van der Waals surface area (Å²) in [4.78, 5) is 58.2. The molecule has 10 nitrogen and oxygen atoms in total. The molecule has 318 valence electrons. The summed E-state index contributed by atoms with van der Waals surface area (Å²) in [5, 5.41) is 3.46. The van der Waals surface area contributed by atoms with Gasteiger partial charge in [0, 0.05) is 35.3 Å². The molecule has 58 heavy (non-hydrogen) atoms. The van der Waals surface area contributed by atoms with Crippen LogP contribution in [0.2, 0.25) is 5.02 Å². The van der Waals surface area contributed by atoms with Crippen LogP contribution >= 0.6 is 11.6 Å². The number of likely N-dealkylation sites (N-methyl/N-ethyl adjacent to an activating group) is 1. The van der Waals surface area contributed by atoms with Crippen molar-refractivity contribution in [2.45, 2.75) is 145 Å². The number of allylic oxidation sites excluding steroid dienone is 2. The topological polar surface area (TPSA) is 122 Å². The predicted octanol–water partition coefficient (Wildman–Crippen LogP) is 8.67. The minimum atomic E-state index is -0.745. The van der Waals surface area contributed by atoms with Crippen molar-refractivity contribution in [1.29, 1.82) is 0 Å². The molecule has 0 aliphatic heterocycles. The fraction of sp³-hybridized carbons (Fsp3) is 0.723. The van der Waals surface area contributed by atoms with Crippen LogP contribution in [-0.4, -0.2) is 59.2 Å². The Balaban J connectivity index is 1.29. The zero-order chi connectivity index (χ0) is 42.4. The Morgan fingerprint density at radius 3 is 2.36 bits per heavy atom. The molecule has 0 bridgehead atoms. The van der Waals surface area contributed by atoms with Crippen LogP contribution in [0.1, 0.15) is 132 Å². The molecule has 2 heterocycles. The Hall–Kier alpha value is -3.24. The highest BCUT2D eigenvalue weighted by molar-refractivity contribution is 6.31. The maximum absolute atomic E-state index is 14.6. The third-order valence-electron chi connectivity index (χ3n) is 16.9. The highest BCUT2D eigenvalue weighted by Crippen LogP contribution is 2.77. The number of halogens is 1. The van der Waals surface area contributed by atoms with Crippen LogP contribution < -0.4 is 15.6 Å². The van der Waals surface area contributed by atoms with Gasteiger partial charge in [-0.1, -0.05) is 73.9 Å². The molecule has 0 spiro atoms. The maximum Gasteiger partial charge on any atom is 0.307 e. The number of Topliss-reactive ketones (excluding diaryl/α,β-unsaturated/α-hetero) is 1. The number of ketones is 1. The van der Waals surface area contributed by atoms with Crippen LogP contribution in [-0.2, 0) is 31.1 Å². The summed E-state index contributed by atoms with van der Waals surface area (Å²) in [6.07, 6.45) is 10.3. The number of nitrogens with zero attached hydrogens (tertiary/aromatic N) is 3. The van der Waals surface area contributed by atoms with Gasteiger partial charge in [0.25, 0.3) is 5.56 Å². The monoisotopic (exact) mass is 818 g/mol. The van der Waals surface area contributed by atoms with Gasteiger partial charge in [-0.2, -0.15) is 0 Å². The number of rotatable bonds is 11. The molecule has 2 aromatic heterocycles. The van der Waals surface area contributed by atoms with Crippen LogP contribution in [0.4, 0.5) is 0 Å². The van der Waals surface area contributed by atoms with Crippen molar-refractivity contribution in [3.8, 4) is 11.6 Å². The number of fused-ring (bicyclic) bond motifs is 7. The van der Waals surface area contributed by atoms with Crippen molar-refractivity contribution < 1.29 is 23.9 Å². The van der Waals surface area contributed by atoms with Gasteiger partial charge in [0.1, 0.15) is 17.4 Å². The maximum atomic E-state index is 14.6. The summed E-state index contributed by atoms with van der Waals surface area (Å²) in [5.74, 6) is 1.38. The molecule has 2 aromatic rings. The number of nitrogens with one attached hydrogen (secondary N) is 1. The molecule has 0 saturated heterocycles. The first-order valence-corrected chi connectivity index (χ1v) is 22.2. The number of ether oxygens (including phenoxy) is 2. The van der Waals surface area contributed by atoms with Gasteiger partial charge < -0.3 is 19.6 Å². The predicted molar refractivity (Wildman–Crippen MR) is 226 cm³/mol. The Kier molecular flexibility index (Phi) is 10.9. The Morgan fingerprint density at radius 1 is 1.02 bits per heavy atom. The summed E-state index contributed by atoms with van der Waals surface area (Å²) < 4.78 is 15.3. The standard InChI is InChI=1S/C47H67ClN4O6/c1-28(2)37-31(54)24-47(40-39(48)41(56)52(51(40)23-22-49-10)29-12-15-35(57-11)50-26-29)21-20-45(8)30(38(37)47)13-14-33-44(7)18-17-34(58-36(55)25-42(3,4)27-53)43(5,6)32(44)16-19-46(33,45)9/h12,15,26-28,30,32-34,49H,13-14,16-25H2,1-11H3/t30?,32?,33?,34?,44?,45-,46?,47?/m1/s1. The number of carbonyl (C=O) groups excluding carboxylic acids is 3. The molecule has 8 atom stereocenters. The van der Waals surface area contributed by atoms with Crippen LogP contribution in [0.15, 0.2) is 34.3 Å². The molecular weight excluding hydrogens is 752 g/mol. The fourth-order valence-electron chi connectivity index (χ4n) is 14.0. The van der Waals surface area contributed by atoms with Crippen molar-refractivity contribution >= 4 is 29.6 Å². The molecule has 0 aromatic carbocycles. The van der Waals surface area contributed by atoms with Gasteiger partial charge in [0.05, 0.1) is 37.7 Å². The lowest BCUT2D eigenvalue weighted by molar-refractivity contribution is -0.232. The van der Waals surface area contributed by atoms with E-state index in [0.717, 1.165) is 68.9 Å². The van der Waals surface area contributed by atoms with E-state index in [2.05, 4.69) is 58.8 Å². The quantitative estimate of drug-likeness (QED) is 0.177. The molecule has 0 radical (unpaired) electrons. The van der Waals surface area contributed by atoms with Crippen LogP contribution in [0.3, 0.4) is 0 Å². The summed E-state index contributed by atoms with van der Waals surface area (Å²) in [7, 11) is 3.47. The zero-order valence-corrected chi connectivity index (χ0v) is 37.6. The Labute approximate surface area is 350 Å². The largest absolute Gasteiger partial charge is 0.481 e. The van der Waals surface area contributed by atoms with Gasteiger partial charge in [0.2, 0.25) is 5.88 Å². The fourth-order valence-corrected chi connectivity index (χ4v) is 14.3. The van der Waals surface area contributed by atoms with Gasteiger partial charge in [-0.05, 0) is 116 Å². The van der Waals surface area contributed by atoms with Gasteiger partial charge in [0.15, 0.2) is 5.78 Å². The van der Waals surface area contributed by atoms with E-state index in [-0.39, 0.29) is 68.4 Å². The average molecular weight is 820 g/mol. The summed E-state index contributed by atoms with van der Waals surface area (Å²) >= 11 is 7.33. The molecule has 5 aliphatic rings. The van der Waals surface area contributed by atoms with E-state index in [1.165, 1.54) is 5.57 Å². The highest BCUT2D eigenvalue weighted by Gasteiger charge is 2.71. The first-order valence-electron chi connectivity index (χ1n) is 21.8. The lowest BCUT2D eigenvalue weighted by atomic mass is 9.33. The smallest absolute Gasteiger partial charge is 0.307 e. The second-order valence-corrected chi connectivity index (χ2v) is 21.3. The summed E-state index contributed by atoms with van der Waals surface area (Å²) in [5.41, 5.74) is 1.55. The third kappa shape index (κ3) is 6.22. The van der Waals surface area contributed by atoms with E-state index >= 15 is 0 Å². The van der Waals surface area contributed by atoms with E-state index in [1.807, 2.05) is 17.8 Å². The molecular formula is C47H67ClN4O6. The van der Waals surface area contributed by atoms with Gasteiger partial charge in [-0.3, -0.25) is 19.1 Å². The molecule has 7 unspecified atom stereocenters. The van der Waals surface area contributed by atoms with Crippen molar-refractivity contribution in [2.75, 3.05) is 20.7 Å². The number of carbonyl (C=O) groups is 3. The molecule has 1 N–H and O–H groups in total. The van der Waals surface area contributed by atoms with Crippen LogP contribution in [0.25, 0.3) is 5.69 Å². The second kappa shape index (κ2) is 14.7. The van der Waals surface area contributed by atoms with Crippen molar-refractivity contribution in [3.63, 3.8) is 0 Å². The number of aromatic nitrogens is 3. The van der Waals surface area contributed by atoms with Crippen molar-refractivity contribution in [2.24, 2.45) is 50.7 Å². The van der Waals surface area contributed by atoms with Crippen LogP contribution in [0, 0.1) is 50.7 Å². The third-order valence-corrected chi connectivity index (χ3v) is 17.2. The number of hydrogen-bond acceptors (Lipinski definition) is 8. The molecule has 4 fully saturated rings. The van der Waals surface area contributed by atoms with E-state index in [1.54, 1.807) is 37.9 Å². The SMILES string of the molecule is CNCCn1c(C23CC[C@]4(C)C(CCC5C6(C)CCC(OC(=O)CC(C)(C)C=O)C(C)(C)C6CCC54C)C2=C(C(C)C)C(=O)C3)c(Cl)c(=O)n1-c1ccc(OC)nc1. The van der Waals surface area contributed by atoms with Gasteiger partial charge >= 0.3 is 5.97 Å². The summed E-state index contributed by atoms with van der Waals surface area (Å²) in [6, 6.07) is 3.59. The van der Waals surface area contributed by atoms with Gasteiger partial charge in [-0.25, -0.2) is 9.67 Å². The highest BCUT2D eigenvalue weighted by atomic mass is 35.5. The Morgan fingerprint density at radius 2 is 1.74 bits per heavy atom. The summed E-state index contributed by atoms with van der Waals surface area (Å²) in [6.45, 7) is 21.2. The van der Waals surface area contributed by atoms with Crippen LogP contribution in [0.5, 0.6) is 5.88 Å². The minimum Gasteiger partial charge on any atom is -0.481 e. The zero-order valence-electron chi connectivity index (χ0n) is 36.9. The first kappa shape index (κ1) is 42.9. The number of esters is 1. The average Bonchev–Trinajstić information content (AvgIpc) is 3.61. The van der Waals surface area contributed by atoms with Crippen molar-refractivity contribution in [3.05, 3.63) is 50.5 Å². The lowest BCUT2D eigenvalue weighted by Gasteiger charge is -2.72. The number of pyridine rings is 1. The first-order chi connectivity index (χ1) is 27.2. The molecule has 4 saturated carbocycles. The number of hydrogen-bond donors (Lipinski definition) is 1. The van der Waals surface area contributed by atoms with E-state index in [4.69, 9.17) is 21.1 Å². The molecule has 7 rings (SSSR count). The molecule has 5 aliphatic carbocycles. The second-order valence-electron chi connectivity index (χ2n) is 21.0. The van der Waals surface area contributed by atoms with Gasteiger partial charge in [-0.15, -0.1) is 0 Å². The lowest BCUT2D eigenvalue weighted by Crippen LogP contribution is -2.66. The van der Waals surface area contributed by atoms with E-state index in [0.29, 0.717) is 42.9 Å². The molecule has 11 heteroatoms. The van der Waals surface area contributed by atoms with E-state index in [9.17, 15) is 19.2 Å². The normalized spacial score (nSPS) is 34.3. The number of methoxy groups -OCH3 is 1. The molecule has 0 amide bonds. The Bertz CT molecular complexity index is 2060. The van der Waals surface area contributed by atoms with E-state index < -0.39 is 10.8 Å². The van der Waals surface area contributed by atoms with Crippen molar-refractivity contribution in [1.82, 2.24) is 19.7 Å². The minimum absolute atomic E-state index is 0.00206.